The third-order valence-electron chi connectivity index (χ3n) is 3.41. The van der Waals surface area contributed by atoms with Crippen LogP contribution in [0.4, 0.5) is 5.69 Å². The Bertz CT molecular complexity index is 820. The molecule has 0 fully saturated rings. The quantitative estimate of drug-likeness (QED) is 0.854. The Morgan fingerprint density at radius 3 is 2.42 bits per heavy atom. The molecule has 0 saturated heterocycles. The predicted octanol–water partition coefficient (Wildman–Crippen LogP) is 2.84. The molecule has 0 aliphatic rings. The average Bonchev–Trinajstić information content (AvgIpc) is 2.51. The molecule has 0 heterocycles. The first-order valence-corrected chi connectivity index (χ1v) is 9.58. The summed E-state index contributed by atoms with van der Waals surface area (Å²) in [6.07, 6.45) is 1.14. The van der Waals surface area contributed by atoms with E-state index in [1.165, 1.54) is 4.31 Å². The van der Waals surface area contributed by atoms with Gasteiger partial charge in [0.15, 0.2) is 0 Å². The van der Waals surface area contributed by atoms with Crippen LogP contribution < -0.4 is 9.62 Å². The fourth-order valence-corrected chi connectivity index (χ4v) is 3.32. The molecule has 1 N–H and O–H groups in total. The number of hydrogen-bond acceptors (Lipinski definition) is 3. The number of carbonyl (C=O) groups excluding carboxylic acids is 1. The highest BCUT2D eigenvalue weighted by Gasteiger charge is 2.17. The van der Waals surface area contributed by atoms with E-state index < -0.39 is 10.0 Å². The van der Waals surface area contributed by atoms with Crippen molar-refractivity contribution in [2.45, 2.75) is 6.92 Å². The standard InChI is InChI=1S/C17H19ClN2O3S/c1-13-6-8-16(9-7-13)20(24(2,22)23)11-10-19-17(21)14-4-3-5-15(18)12-14/h3-9,12H,10-11H2,1-2H3,(H,19,21). The van der Waals surface area contributed by atoms with Crippen molar-refractivity contribution in [3.63, 3.8) is 0 Å². The molecule has 0 saturated carbocycles. The van der Waals surface area contributed by atoms with Gasteiger partial charge in [0.2, 0.25) is 10.0 Å². The van der Waals surface area contributed by atoms with Crippen LogP contribution in [0.5, 0.6) is 0 Å². The van der Waals surface area contributed by atoms with E-state index in [-0.39, 0.29) is 19.0 Å². The van der Waals surface area contributed by atoms with Crippen LogP contribution in [0.15, 0.2) is 48.5 Å². The van der Waals surface area contributed by atoms with Crippen molar-refractivity contribution < 1.29 is 13.2 Å². The molecular formula is C17H19ClN2O3S. The van der Waals surface area contributed by atoms with Crippen molar-refractivity contribution in [1.82, 2.24) is 5.32 Å². The van der Waals surface area contributed by atoms with Crippen LogP contribution >= 0.6 is 11.6 Å². The van der Waals surface area contributed by atoms with E-state index >= 15 is 0 Å². The molecule has 0 aliphatic carbocycles. The Labute approximate surface area is 147 Å². The molecule has 0 bridgehead atoms. The van der Waals surface area contributed by atoms with Gasteiger partial charge in [0.05, 0.1) is 18.5 Å². The topological polar surface area (TPSA) is 66.5 Å². The first kappa shape index (κ1) is 18.3. The number of amides is 1. The van der Waals surface area contributed by atoms with E-state index in [9.17, 15) is 13.2 Å². The number of nitrogens with one attached hydrogen (secondary N) is 1. The first-order valence-electron chi connectivity index (χ1n) is 7.35. The minimum absolute atomic E-state index is 0.147. The number of halogens is 1. The lowest BCUT2D eigenvalue weighted by Gasteiger charge is -2.22. The van der Waals surface area contributed by atoms with Crippen molar-refractivity contribution >= 4 is 33.2 Å². The second kappa shape index (κ2) is 7.68. The van der Waals surface area contributed by atoms with E-state index in [1.54, 1.807) is 36.4 Å². The van der Waals surface area contributed by atoms with Gasteiger partial charge in [-0.05, 0) is 37.3 Å². The maximum atomic E-state index is 12.1. The smallest absolute Gasteiger partial charge is 0.251 e. The average molecular weight is 367 g/mol. The number of aryl methyl sites for hydroxylation is 1. The van der Waals surface area contributed by atoms with Gasteiger partial charge in [0, 0.05) is 17.1 Å². The molecule has 2 rings (SSSR count). The van der Waals surface area contributed by atoms with Gasteiger partial charge in [-0.3, -0.25) is 9.10 Å². The minimum Gasteiger partial charge on any atom is -0.350 e. The second-order valence-electron chi connectivity index (χ2n) is 5.44. The molecule has 0 radical (unpaired) electrons. The highest BCUT2D eigenvalue weighted by Crippen LogP contribution is 2.17. The van der Waals surface area contributed by atoms with Crippen LogP contribution in [0.1, 0.15) is 15.9 Å². The lowest BCUT2D eigenvalue weighted by atomic mass is 10.2. The first-order chi connectivity index (χ1) is 11.3. The number of nitrogens with zero attached hydrogens (tertiary/aromatic N) is 1. The Morgan fingerprint density at radius 1 is 1.17 bits per heavy atom. The zero-order valence-electron chi connectivity index (χ0n) is 13.5. The molecule has 24 heavy (non-hydrogen) atoms. The van der Waals surface area contributed by atoms with E-state index in [0.717, 1.165) is 11.8 Å². The molecule has 0 aliphatic heterocycles. The summed E-state index contributed by atoms with van der Waals surface area (Å²) in [5, 5.41) is 3.18. The molecule has 0 unspecified atom stereocenters. The highest BCUT2D eigenvalue weighted by molar-refractivity contribution is 7.92. The van der Waals surface area contributed by atoms with Gasteiger partial charge < -0.3 is 5.32 Å². The summed E-state index contributed by atoms with van der Waals surface area (Å²) in [5.41, 5.74) is 2.05. The van der Waals surface area contributed by atoms with E-state index in [1.807, 2.05) is 19.1 Å². The van der Waals surface area contributed by atoms with Crippen LogP contribution in [0.25, 0.3) is 0 Å². The molecule has 5 nitrogen and oxygen atoms in total. The van der Waals surface area contributed by atoms with Crippen molar-refractivity contribution in [2.75, 3.05) is 23.7 Å². The molecule has 0 spiro atoms. The Balaban J connectivity index is 2.04. The molecule has 128 valence electrons. The number of anilines is 1. The van der Waals surface area contributed by atoms with Crippen molar-refractivity contribution in [3.8, 4) is 0 Å². The SMILES string of the molecule is Cc1ccc(N(CCNC(=O)c2cccc(Cl)c2)S(C)(=O)=O)cc1. The van der Waals surface area contributed by atoms with Gasteiger partial charge in [0.1, 0.15) is 0 Å². The van der Waals surface area contributed by atoms with Gasteiger partial charge in [0.25, 0.3) is 5.91 Å². The van der Waals surface area contributed by atoms with Crippen molar-refractivity contribution in [2.24, 2.45) is 0 Å². The van der Waals surface area contributed by atoms with E-state index in [4.69, 9.17) is 11.6 Å². The molecular weight excluding hydrogens is 348 g/mol. The van der Waals surface area contributed by atoms with Gasteiger partial charge >= 0.3 is 0 Å². The van der Waals surface area contributed by atoms with Crippen LogP contribution in [-0.2, 0) is 10.0 Å². The summed E-state index contributed by atoms with van der Waals surface area (Å²) in [4.78, 5) is 12.1. The lowest BCUT2D eigenvalue weighted by molar-refractivity contribution is 0.0955. The lowest BCUT2D eigenvalue weighted by Crippen LogP contribution is -2.38. The number of hydrogen-bond donors (Lipinski definition) is 1. The molecule has 2 aromatic carbocycles. The number of carbonyl (C=O) groups is 1. The van der Waals surface area contributed by atoms with E-state index in [2.05, 4.69) is 5.32 Å². The largest absolute Gasteiger partial charge is 0.350 e. The highest BCUT2D eigenvalue weighted by atomic mass is 35.5. The number of sulfonamides is 1. The minimum atomic E-state index is -3.44. The Kier molecular flexibility index (Phi) is 5.85. The van der Waals surface area contributed by atoms with Gasteiger partial charge in [-0.15, -0.1) is 0 Å². The zero-order valence-corrected chi connectivity index (χ0v) is 15.1. The Hall–Kier alpha value is -2.05. The molecule has 2 aromatic rings. The molecule has 0 atom stereocenters. The zero-order chi connectivity index (χ0) is 17.7. The maximum absolute atomic E-state index is 12.1. The summed E-state index contributed by atoms with van der Waals surface area (Å²) in [6.45, 7) is 2.26. The Morgan fingerprint density at radius 2 is 1.83 bits per heavy atom. The molecule has 0 aromatic heterocycles. The molecule has 1 amide bonds. The van der Waals surface area contributed by atoms with Crippen LogP contribution in [0, 0.1) is 6.92 Å². The van der Waals surface area contributed by atoms with Crippen molar-refractivity contribution in [3.05, 3.63) is 64.7 Å². The van der Waals surface area contributed by atoms with Gasteiger partial charge in [-0.1, -0.05) is 35.4 Å². The fraction of sp³-hybridized carbons (Fsp3) is 0.235. The number of benzene rings is 2. The van der Waals surface area contributed by atoms with Crippen LogP contribution in [0.2, 0.25) is 5.02 Å². The van der Waals surface area contributed by atoms with Gasteiger partial charge in [-0.2, -0.15) is 0 Å². The number of rotatable bonds is 6. The summed E-state index contributed by atoms with van der Waals surface area (Å²) in [6, 6.07) is 13.8. The maximum Gasteiger partial charge on any atom is 0.251 e. The second-order valence-corrected chi connectivity index (χ2v) is 7.78. The van der Waals surface area contributed by atoms with Crippen molar-refractivity contribution in [1.29, 1.82) is 0 Å². The van der Waals surface area contributed by atoms with Crippen LogP contribution in [-0.4, -0.2) is 33.7 Å². The summed E-state index contributed by atoms with van der Waals surface area (Å²) in [5.74, 6) is -0.296. The van der Waals surface area contributed by atoms with Crippen LogP contribution in [0.3, 0.4) is 0 Å². The summed E-state index contributed by atoms with van der Waals surface area (Å²) >= 11 is 5.86. The predicted molar refractivity (Wildman–Crippen MR) is 97.2 cm³/mol. The molecule has 7 heteroatoms. The summed E-state index contributed by atoms with van der Waals surface area (Å²) in [7, 11) is -3.44. The van der Waals surface area contributed by atoms with Gasteiger partial charge in [-0.25, -0.2) is 8.42 Å². The monoisotopic (exact) mass is 366 g/mol. The third-order valence-corrected chi connectivity index (χ3v) is 4.84. The third kappa shape index (κ3) is 4.97. The van der Waals surface area contributed by atoms with E-state index in [0.29, 0.717) is 16.3 Å². The normalized spacial score (nSPS) is 11.1. The summed E-state index contributed by atoms with van der Waals surface area (Å²) < 4.78 is 25.3. The fourth-order valence-electron chi connectivity index (χ4n) is 2.20.